The van der Waals surface area contributed by atoms with Crippen LogP contribution in [0, 0.1) is 5.82 Å². The fourth-order valence-electron chi connectivity index (χ4n) is 3.57. The SMILES string of the molecule is CC(C)=CCCC(C)=CCn1cc(CN2CCSCC2)c2cc(F)ccc21. The van der Waals surface area contributed by atoms with Gasteiger partial charge in [-0.3, -0.25) is 4.90 Å². The summed E-state index contributed by atoms with van der Waals surface area (Å²) >= 11 is 2.02. The average molecular weight is 387 g/mol. The van der Waals surface area contributed by atoms with Gasteiger partial charge in [0.05, 0.1) is 0 Å². The van der Waals surface area contributed by atoms with Gasteiger partial charge in [-0.2, -0.15) is 11.8 Å². The summed E-state index contributed by atoms with van der Waals surface area (Å²) in [5.41, 5.74) is 5.16. The maximum Gasteiger partial charge on any atom is 0.123 e. The summed E-state index contributed by atoms with van der Waals surface area (Å²) in [6.45, 7) is 10.5. The molecule has 2 nitrogen and oxygen atoms in total. The normalized spacial score (nSPS) is 16.1. The lowest BCUT2D eigenvalue weighted by Crippen LogP contribution is -2.31. The highest BCUT2D eigenvalue weighted by Gasteiger charge is 2.15. The molecule has 0 amide bonds. The van der Waals surface area contributed by atoms with Gasteiger partial charge in [-0.25, -0.2) is 4.39 Å². The van der Waals surface area contributed by atoms with Crippen LogP contribution < -0.4 is 0 Å². The predicted molar refractivity (Wildman–Crippen MR) is 117 cm³/mol. The standard InChI is InChI=1S/C23H31FN2S/c1-18(2)5-4-6-19(3)9-10-26-17-20(16-25-11-13-27-14-12-25)22-15-21(24)7-8-23(22)26/h5,7-9,15,17H,4,6,10-14,16H2,1-3H3. The summed E-state index contributed by atoms with van der Waals surface area (Å²) in [7, 11) is 0. The van der Waals surface area contributed by atoms with Crippen LogP contribution in [0.5, 0.6) is 0 Å². The summed E-state index contributed by atoms with van der Waals surface area (Å²) in [6, 6.07) is 5.20. The van der Waals surface area contributed by atoms with E-state index in [1.807, 2.05) is 17.8 Å². The van der Waals surface area contributed by atoms with Crippen LogP contribution in [0.15, 0.2) is 47.7 Å². The van der Waals surface area contributed by atoms with E-state index in [4.69, 9.17) is 0 Å². The number of allylic oxidation sites excluding steroid dienone is 4. The quantitative estimate of drug-likeness (QED) is 0.538. The average Bonchev–Trinajstić information content (AvgIpc) is 2.97. The van der Waals surface area contributed by atoms with Crippen LogP contribution in [0.4, 0.5) is 4.39 Å². The number of nitrogens with zero attached hydrogens (tertiary/aromatic N) is 2. The molecule has 3 rings (SSSR count). The van der Waals surface area contributed by atoms with E-state index in [2.05, 4.69) is 48.6 Å². The molecule has 27 heavy (non-hydrogen) atoms. The number of rotatable bonds is 7. The van der Waals surface area contributed by atoms with Gasteiger partial charge in [-0.05, 0) is 57.4 Å². The topological polar surface area (TPSA) is 8.17 Å². The lowest BCUT2D eigenvalue weighted by Gasteiger charge is -2.25. The molecular weight excluding hydrogens is 355 g/mol. The highest BCUT2D eigenvalue weighted by atomic mass is 32.2. The molecule has 0 radical (unpaired) electrons. The van der Waals surface area contributed by atoms with Gasteiger partial charge in [0.25, 0.3) is 0 Å². The smallest absolute Gasteiger partial charge is 0.123 e. The van der Waals surface area contributed by atoms with E-state index < -0.39 is 0 Å². The number of fused-ring (bicyclic) bond motifs is 1. The zero-order valence-electron chi connectivity index (χ0n) is 16.8. The van der Waals surface area contributed by atoms with Gasteiger partial charge in [-0.1, -0.05) is 23.3 Å². The van der Waals surface area contributed by atoms with Crippen LogP contribution in [0.25, 0.3) is 10.9 Å². The first-order valence-electron chi connectivity index (χ1n) is 9.89. The Morgan fingerprint density at radius 1 is 1.15 bits per heavy atom. The Kier molecular flexibility index (Phi) is 7.20. The maximum atomic E-state index is 13.9. The molecule has 1 aromatic heterocycles. The first-order chi connectivity index (χ1) is 13.0. The molecule has 0 atom stereocenters. The molecule has 1 aromatic carbocycles. The Balaban J connectivity index is 1.77. The highest BCUT2D eigenvalue weighted by molar-refractivity contribution is 7.99. The van der Waals surface area contributed by atoms with Gasteiger partial charge >= 0.3 is 0 Å². The van der Waals surface area contributed by atoms with Gasteiger partial charge in [0, 0.05) is 54.8 Å². The Bertz CT molecular complexity index is 824. The van der Waals surface area contributed by atoms with Crippen molar-refractivity contribution >= 4 is 22.7 Å². The fraction of sp³-hybridized carbons (Fsp3) is 0.478. The van der Waals surface area contributed by atoms with Crippen LogP contribution in [-0.4, -0.2) is 34.1 Å². The number of hydrogen-bond acceptors (Lipinski definition) is 2. The molecule has 1 saturated heterocycles. The lowest BCUT2D eigenvalue weighted by molar-refractivity contribution is 0.295. The van der Waals surface area contributed by atoms with Gasteiger partial charge in [0.2, 0.25) is 0 Å². The molecule has 1 aliphatic rings. The number of benzene rings is 1. The second-order valence-corrected chi connectivity index (χ2v) is 8.95. The van der Waals surface area contributed by atoms with Crippen molar-refractivity contribution in [2.45, 2.75) is 46.7 Å². The Hall–Kier alpha value is -1.52. The van der Waals surface area contributed by atoms with Crippen molar-refractivity contribution in [3.05, 3.63) is 59.1 Å². The number of halogens is 1. The summed E-state index contributed by atoms with van der Waals surface area (Å²) < 4.78 is 16.2. The van der Waals surface area contributed by atoms with Crippen molar-refractivity contribution in [2.24, 2.45) is 0 Å². The molecule has 146 valence electrons. The van der Waals surface area contributed by atoms with Gasteiger partial charge in [-0.15, -0.1) is 0 Å². The Morgan fingerprint density at radius 3 is 2.67 bits per heavy atom. The molecule has 0 bridgehead atoms. The fourth-order valence-corrected chi connectivity index (χ4v) is 4.54. The predicted octanol–water partition coefficient (Wildman–Crippen LogP) is 6.02. The Morgan fingerprint density at radius 2 is 1.93 bits per heavy atom. The van der Waals surface area contributed by atoms with E-state index in [1.54, 1.807) is 12.1 Å². The summed E-state index contributed by atoms with van der Waals surface area (Å²) in [5, 5.41) is 1.06. The molecule has 2 heterocycles. The van der Waals surface area contributed by atoms with E-state index in [9.17, 15) is 4.39 Å². The third kappa shape index (κ3) is 5.73. The molecule has 4 heteroatoms. The van der Waals surface area contributed by atoms with Crippen LogP contribution in [-0.2, 0) is 13.1 Å². The molecule has 0 N–H and O–H groups in total. The zero-order valence-corrected chi connectivity index (χ0v) is 17.6. The van der Waals surface area contributed by atoms with Crippen molar-refractivity contribution in [1.29, 1.82) is 0 Å². The molecule has 0 saturated carbocycles. The lowest BCUT2D eigenvalue weighted by atomic mass is 10.1. The molecular formula is C23H31FN2S. The molecule has 0 spiro atoms. The molecule has 1 fully saturated rings. The summed E-state index contributed by atoms with van der Waals surface area (Å²) in [4.78, 5) is 2.49. The van der Waals surface area contributed by atoms with Crippen molar-refractivity contribution in [2.75, 3.05) is 24.6 Å². The Labute approximate surface area is 167 Å². The van der Waals surface area contributed by atoms with Gasteiger partial charge in [0.1, 0.15) is 5.82 Å². The van der Waals surface area contributed by atoms with E-state index in [0.29, 0.717) is 0 Å². The van der Waals surface area contributed by atoms with E-state index in [1.165, 1.54) is 28.2 Å². The van der Waals surface area contributed by atoms with Crippen LogP contribution in [0.1, 0.15) is 39.2 Å². The van der Waals surface area contributed by atoms with Crippen molar-refractivity contribution in [3.63, 3.8) is 0 Å². The minimum Gasteiger partial charge on any atom is -0.343 e. The summed E-state index contributed by atoms with van der Waals surface area (Å²) in [6.07, 6.45) is 9.02. The highest BCUT2D eigenvalue weighted by Crippen LogP contribution is 2.25. The minimum absolute atomic E-state index is 0.149. The molecule has 2 aromatic rings. The van der Waals surface area contributed by atoms with Crippen molar-refractivity contribution in [1.82, 2.24) is 9.47 Å². The number of thioether (sulfide) groups is 1. The number of aromatic nitrogens is 1. The van der Waals surface area contributed by atoms with Crippen LogP contribution in [0.3, 0.4) is 0 Å². The summed E-state index contributed by atoms with van der Waals surface area (Å²) in [5.74, 6) is 2.24. The van der Waals surface area contributed by atoms with Crippen LogP contribution in [0.2, 0.25) is 0 Å². The maximum absolute atomic E-state index is 13.9. The minimum atomic E-state index is -0.149. The van der Waals surface area contributed by atoms with E-state index in [0.717, 1.165) is 49.9 Å². The van der Waals surface area contributed by atoms with Gasteiger partial charge < -0.3 is 4.57 Å². The van der Waals surface area contributed by atoms with Crippen molar-refractivity contribution < 1.29 is 4.39 Å². The van der Waals surface area contributed by atoms with E-state index in [-0.39, 0.29) is 5.82 Å². The molecule has 0 aliphatic carbocycles. The number of hydrogen-bond donors (Lipinski definition) is 0. The zero-order chi connectivity index (χ0) is 19.2. The third-order valence-electron chi connectivity index (χ3n) is 5.15. The van der Waals surface area contributed by atoms with Crippen LogP contribution >= 0.6 is 11.8 Å². The largest absolute Gasteiger partial charge is 0.343 e. The monoisotopic (exact) mass is 386 g/mol. The first kappa shape index (κ1) is 20.2. The second kappa shape index (κ2) is 9.61. The van der Waals surface area contributed by atoms with E-state index >= 15 is 0 Å². The van der Waals surface area contributed by atoms with Gasteiger partial charge in [0.15, 0.2) is 0 Å². The molecule has 0 unspecified atom stereocenters. The third-order valence-corrected chi connectivity index (χ3v) is 6.09. The molecule has 1 aliphatic heterocycles. The second-order valence-electron chi connectivity index (χ2n) is 7.73. The first-order valence-corrected chi connectivity index (χ1v) is 11.0. The van der Waals surface area contributed by atoms with Crippen molar-refractivity contribution in [3.8, 4) is 0 Å².